The lowest BCUT2D eigenvalue weighted by atomic mass is 9.93. The number of para-hydroxylation sites is 1. The van der Waals surface area contributed by atoms with E-state index in [9.17, 15) is 24.3 Å². The molecule has 1 rings (SSSR count). The fraction of sp³-hybridized carbons (Fsp3) is 0.655. The van der Waals surface area contributed by atoms with Gasteiger partial charge in [0.25, 0.3) is 0 Å². The third kappa shape index (κ3) is 10.8. The quantitative estimate of drug-likeness (QED) is 0.312. The van der Waals surface area contributed by atoms with E-state index in [1.54, 1.807) is 39.0 Å². The molecule has 1 aromatic rings. The van der Waals surface area contributed by atoms with Gasteiger partial charge in [0.05, 0.1) is 7.11 Å². The van der Waals surface area contributed by atoms with Crippen molar-refractivity contribution in [1.82, 2.24) is 15.5 Å². The van der Waals surface area contributed by atoms with E-state index in [1.165, 1.54) is 18.1 Å². The molecule has 0 aromatic heterocycles. The molecule has 0 aliphatic rings. The normalized spacial score (nSPS) is 14.5. The lowest BCUT2D eigenvalue weighted by Gasteiger charge is -2.40. The van der Waals surface area contributed by atoms with Crippen LogP contribution in [0.25, 0.3) is 0 Å². The zero-order chi connectivity index (χ0) is 29.9. The number of aromatic hydroxyl groups is 1. The smallest absolute Gasteiger partial charge is 0.408 e. The van der Waals surface area contributed by atoms with Crippen molar-refractivity contribution in [3.8, 4) is 5.75 Å². The van der Waals surface area contributed by atoms with Crippen LogP contribution in [-0.2, 0) is 23.9 Å². The van der Waals surface area contributed by atoms with E-state index in [0.717, 1.165) is 6.42 Å². The highest BCUT2D eigenvalue weighted by Crippen LogP contribution is 2.33. The van der Waals surface area contributed by atoms with Gasteiger partial charge in [0, 0.05) is 11.6 Å². The van der Waals surface area contributed by atoms with Crippen LogP contribution in [0.15, 0.2) is 24.3 Å². The average Bonchev–Trinajstić information content (AvgIpc) is 2.85. The van der Waals surface area contributed by atoms with Gasteiger partial charge in [-0.3, -0.25) is 14.4 Å². The number of carbonyl (C=O) groups excluding carboxylic acids is 4. The predicted octanol–water partition coefficient (Wildman–Crippen LogP) is 4.32. The first-order chi connectivity index (χ1) is 18.1. The number of phenolic OH excluding ortho intramolecular Hbond substituents is 1. The molecule has 220 valence electrons. The second kappa shape index (κ2) is 15.3. The first-order valence-corrected chi connectivity index (χ1v) is 13.6. The summed E-state index contributed by atoms with van der Waals surface area (Å²) < 4.78 is 10.1. The van der Waals surface area contributed by atoms with Crippen molar-refractivity contribution in [1.29, 1.82) is 0 Å². The van der Waals surface area contributed by atoms with Crippen LogP contribution in [0.4, 0.5) is 4.79 Å². The highest BCUT2D eigenvalue weighted by molar-refractivity contribution is 5.94. The number of benzene rings is 1. The number of hydrogen-bond acceptors (Lipinski definition) is 7. The van der Waals surface area contributed by atoms with Gasteiger partial charge in [-0.05, 0) is 58.4 Å². The Bertz CT molecular complexity index is 974. The molecule has 0 saturated heterocycles. The standard InChI is InChI=1S/C29H47N3O7/c1-10-19(4)24(31-28(37)39-29(6,7)8)27(36)32(20(5)16-15-18(2)3)25(21-13-11-12-14-22(21)33)26(35)30-17-23(34)38-9/h11-14,18-20,24-25,33H,10,15-17H2,1-9H3,(H,30,35)(H,31,37). The summed E-state index contributed by atoms with van der Waals surface area (Å²) in [6.07, 6.45) is 1.16. The van der Waals surface area contributed by atoms with E-state index in [-0.39, 0.29) is 17.2 Å². The summed E-state index contributed by atoms with van der Waals surface area (Å²) in [7, 11) is 1.21. The van der Waals surface area contributed by atoms with Gasteiger partial charge in [-0.25, -0.2) is 4.79 Å². The SMILES string of the molecule is CCC(C)C(NC(=O)OC(C)(C)C)C(=O)N(C(C)CCC(C)C)C(C(=O)NCC(=O)OC)c1ccccc1O. The second-order valence-electron chi connectivity index (χ2n) is 11.3. The molecule has 0 radical (unpaired) electrons. The van der Waals surface area contributed by atoms with Gasteiger partial charge in [0.2, 0.25) is 11.8 Å². The van der Waals surface area contributed by atoms with Crippen molar-refractivity contribution >= 4 is 23.9 Å². The van der Waals surface area contributed by atoms with Crippen molar-refractivity contribution in [2.75, 3.05) is 13.7 Å². The number of methoxy groups -OCH3 is 1. The lowest BCUT2D eigenvalue weighted by Crippen LogP contribution is -2.57. The van der Waals surface area contributed by atoms with Crippen LogP contribution in [-0.4, -0.2) is 65.2 Å². The van der Waals surface area contributed by atoms with Crippen LogP contribution in [0.2, 0.25) is 0 Å². The van der Waals surface area contributed by atoms with Crippen molar-refractivity contribution < 1.29 is 33.8 Å². The number of alkyl carbamates (subject to hydrolysis) is 1. The second-order valence-corrected chi connectivity index (χ2v) is 11.3. The van der Waals surface area contributed by atoms with Crippen LogP contribution in [0, 0.1) is 11.8 Å². The Morgan fingerprint density at radius 1 is 1.03 bits per heavy atom. The van der Waals surface area contributed by atoms with Crippen LogP contribution >= 0.6 is 0 Å². The number of carbonyl (C=O) groups is 4. The van der Waals surface area contributed by atoms with Crippen molar-refractivity contribution in [3.05, 3.63) is 29.8 Å². The number of amides is 3. The molecule has 3 amide bonds. The van der Waals surface area contributed by atoms with Gasteiger partial charge in [0.1, 0.15) is 30.0 Å². The maximum atomic E-state index is 14.4. The molecule has 0 saturated carbocycles. The lowest BCUT2D eigenvalue weighted by molar-refractivity contribution is -0.147. The zero-order valence-corrected chi connectivity index (χ0v) is 24.9. The number of nitrogens with zero attached hydrogens (tertiary/aromatic N) is 1. The van der Waals surface area contributed by atoms with E-state index >= 15 is 0 Å². The highest BCUT2D eigenvalue weighted by Gasteiger charge is 2.41. The van der Waals surface area contributed by atoms with Gasteiger partial charge in [-0.1, -0.05) is 52.3 Å². The van der Waals surface area contributed by atoms with Crippen LogP contribution in [0.1, 0.15) is 86.3 Å². The molecule has 3 N–H and O–H groups in total. The van der Waals surface area contributed by atoms with E-state index in [1.807, 2.05) is 20.8 Å². The van der Waals surface area contributed by atoms with E-state index in [0.29, 0.717) is 18.8 Å². The van der Waals surface area contributed by atoms with E-state index < -0.39 is 54.1 Å². The molecule has 0 bridgehead atoms. The Labute approximate surface area is 232 Å². The largest absolute Gasteiger partial charge is 0.508 e. The van der Waals surface area contributed by atoms with Gasteiger partial charge >= 0.3 is 12.1 Å². The first-order valence-electron chi connectivity index (χ1n) is 13.6. The van der Waals surface area contributed by atoms with Crippen molar-refractivity contribution in [2.24, 2.45) is 11.8 Å². The molecule has 39 heavy (non-hydrogen) atoms. The molecule has 10 nitrogen and oxygen atoms in total. The number of rotatable bonds is 13. The molecular weight excluding hydrogens is 502 g/mol. The van der Waals surface area contributed by atoms with Gasteiger partial charge in [-0.2, -0.15) is 0 Å². The summed E-state index contributed by atoms with van der Waals surface area (Å²) in [5, 5.41) is 16.0. The third-order valence-corrected chi connectivity index (χ3v) is 6.43. The Morgan fingerprint density at radius 3 is 2.15 bits per heavy atom. The molecule has 4 atom stereocenters. The molecular formula is C29H47N3O7. The fourth-order valence-electron chi connectivity index (χ4n) is 4.06. The van der Waals surface area contributed by atoms with Crippen molar-refractivity contribution in [3.63, 3.8) is 0 Å². The predicted molar refractivity (Wildman–Crippen MR) is 149 cm³/mol. The average molecular weight is 550 g/mol. The number of esters is 1. The highest BCUT2D eigenvalue weighted by atomic mass is 16.6. The Balaban J connectivity index is 3.67. The Morgan fingerprint density at radius 2 is 1.64 bits per heavy atom. The topological polar surface area (TPSA) is 134 Å². The maximum absolute atomic E-state index is 14.4. The minimum absolute atomic E-state index is 0.176. The summed E-state index contributed by atoms with van der Waals surface area (Å²) in [6.45, 7) is 14.5. The Hall–Kier alpha value is -3.30. The van der Waals surface area contributed by atoms with Gasteiger partial charge in [-0.15, -0.1) is 0 Å². The number of ether oxygens (including phenoxy) is 2. The summed E-state index contributed by atoms with van der Waals surface area (Å²) in [4.78, 5) is 54.0. The van der Waals surface area contributed by atoms with Crippen LogP contribution in [0.5, 0.6) is 5.75 Å². The summed E-state index contributed by atoms with van der Waals surface area (Å²) in [5.41, 5.74) is -0.575. The van der Waals surface area contributed by atoms with Gasteiger partial charge < -0.3 is 30.1 Å². The molecule has 0 heterocycles. The minimum atomic E-state index is -1.28. The first kappa shape index (κ1) is 33.7. The molecule has 0 fully saturated rings. The summed E-state index contributed by atoms with van der Waals surface area (Å²) >= 11 is 0. The van der Waals surface area contributed by atoms with Crippen LogP contribution < -0.4 is 10.6 Å². The number of hydrogen-bond donors (Lipinski definition) is 3. The minimum Gasteiger partial charge on any atom is -0.508 e. The van der Waals surface area contributed by atoms with E-state index in [4.69, 9.17) is 4.74 Å². The summed E-state index contributed by atoms with van der Waals surface area (Å²) in [5.74, 6) is -1.95. The maximum Gasteiger partial charge on any atom is 0.408 e. The molecule has 4 unspecified atom stereocenters. The van der Waals surface area contributed by atoms with Crippen LogP contribution in [0.3, 0.4) is 0 Å². The van der Waals surface area contributed by atoms with Gasteiger partial charge in [0.15, 0.2) is 0 Å². The third-order valence-electron chi connectivity index (χ3n) is 6.43. The van der Waals surface area contributed by atoms with E-state index in [2.05, 4.69) is 29.2 Å². The molecule has 1 aromatic carbocycles. The molecule has 0 aliphatic heterocycles. The monoisotopic (exact) mass is 549 g/mol. The fourth-order valence-corrected chi connectivity index (χ4v) is 4.06. The zero-order valence-electron chi connectivity index (χ0n) is 24.9. The number of nitrogens with one attached hydrogen (secondary N) is 2. The molecule has 10 heteroatoms. The molecule has 0 spiro atoms. The van der Waals surface area contributed by atoms with Crippen molar-refractivity contribution in [2.45, 2.75) is 98.4 Å². The molecule has 0 aliphatic carbocycles. The summed E-state index contributed by atoms with van der Waals surface area (Å²) in [6, 6.07) is 3.52. The number of phenols is 1. The Kier molecular flexibility index (Phi) is 13.3.